The molecule has 38 heavy (non-hydrogen) atoms. The number of aryl methyl sites for hydroxylation is 1. The topological polar surface area (TPSA) is 67.6 Å². The van der Waals surface area contributed by atoms with Crippen LogP contribution in [0.15, 0.2) is 69.6 Å². The Labute approximate surface area is 232 Å². The molecule has 5 rings (SSSR count). The van der Waals surface area contributed by atoms with E-state index in [0.29, 0.717) is 11.5 Å². The van der Waals surface area contributed by atoms with Gasteiger partial charge in [0.25, 0.3) is 0 Å². The average Bonchev–Trinajstić information content (AvgIpc) is 3.36. The van der Waals surface area contributed by atoms with Gasteiger partial charge in [-0.1, -0.05) is 37.6 Å². The Morgan fingerprint density at radius 2 is 1.84 bits per heavy atom. The van der Waals surface area contributed by atoms with Crippen molar-refractivity contribution < 1.29 is 13.9 Å². The molecule has 198 valence electrons. The van der Waals surface area contributed by atoms with Gasteiger partial charge in [-0.05, 0) is 96.2 Å². The molecule has 7 heteroatoms. The number of unbranched alkanes of at least 4 members (excludes halogenated alkanes) is 1. The lowest BCUT2D eigenvalue weighted by molar-refractivity contribution is -0.121. The van der Waals surface area contributed by atoms with Gasteiger partial charge in [-0.2, -0.15) is 0 Å². The highest BCUT2D eigenvalue weighted by molar-refractivity contribution is 9.10. The smallest absolute Gasteiger partial charge is 0.228 e. The van der Waals surface area contributed by atoms with Crippen molar-refractivity contribution in [3.8, 4) is 17.2 Å². The molecule has 6 nitrogen and oxygen atoms in total. The second kappa shape index (κ2) is 12.1. The van der Waals surface area contributed by atoms with E-state index < -0.39 is 0 Å². The minimum atomic E-state index is 0.0129. The molecule has 0 aliphatic carbocycles. The Balaban J connectivity index is 1.16. The number of piperidine rings is 1. The molecule has 2 heterocycles. The summed E-state index contributed by atoms with van der Waals surface area (Å²) in [7, 11) is 1.63. The van der Waals surface area contributed by atoms with Crippen LogP contribution in [-0.4, -0.2) is 36.0 Å². The summed E-state index contributed by atoms with van der Waals surface area (Å²) in [5, 5.41) is 3.10. The lowest BCUT2D eigenvalue weighted by Crippen LogP contribution is -2.37. The molecule has 1 aliphatic rings. The van der Waals surface area contributed by atoms with E-state index in [1.54, 1.807) is 7.11 Å². The van der Waals surface area contributed by atoms with E-state index in [4.69, 9.17) is 9.15 Å². The summed E-state index contributed by atoms with van der Waals surface area (Å²) < 4.78 is 12.1. The number of amides is 1. The number of aromatic nitrogens is 1. The first-order valence-corrected chi connectivity index (χ1v) is 14.2. The second-order valence-corrected chi connectivity index (χ2v) is 10.9. The molecule has 0 saturated carbocycles. The summed E-state index contributed by atoms with van der Waals surface area (Å²) >= 11 is 3.57. The molecule has 0 spiro atoms. The largest absolute Gasteiger partial charge is 0.497 e. The predicted molar refractivity (Wildman–Crippen MR) is 155 cm³/mol. The number of benzene rings is 3. The molecule has 1 aromatic heterocycles. The number of carbonyl (C=O) groups is 1. The molecule has 4 aromatic rings. The lowest BCUT2D eigenvalue weighted by atomic mass is 9.95. The first-order chi connectivity index (χ1) is 18.5. The Hall–Kier alpha value is -3.16. The number of halogens is 1. The van der Waals surface area contributed by atoms with Crippen LogP contribution in [0.2, 0.25) is 0 Å². The van der Waals surface area contributed by atoms with Crippen molar-refractivity contribution in [2.75, 3.05) is 25.5 Å². The third-order valence-corrected chi connectivity index (χ3v) is 7.93. The van der Waals surface area contributed by atoms with Gasteiger partial charge in [-0.15, -0.1) is 0 Å². The Bertz CT molecular complexity index is 1390. The maximum Gasteiger partial charge on any atom is 0.228 e. The maximum absolute atomic E-state index is 13.0. The summed E-state index contributed by atoms with van der Waals surface area (Å²) in [5.74, 6) is 1.35. The van der Waals surface area contributed by atoms with Gasteiger partial charge < -0.3 is 14.5 Å². The van der Waals surface area contributed by atoms with Gasteiger partial charge in [-0.25, -0.2) is 4.98 Å². The molecular formula is C31H34BrN3O3. The first-order valence-electron chi connectivity index (χ1n) is 13.4. The van der Waals surface area contributed by atoms with E-state index in [2.05, 4.69) is 62.3 Å². The summed E-state index contributed by atoms with van der Waals surface area (Å²) in [4.78, 5) is 20.1. The highest BCUT2D eigenvalue weighted by Crippen LogP contribution is 2.33. The van der Waals surface area contributed by atoms with Crippen LogP contribution in [0, 0.1) is 5.92 Å². The number of hydrogen-bond acceptors (Lipinski definition) is 5. The summed E-state index contributed by atoms with van der Waals surface area (Å²) in [5.41, 5.74) is 5.70. The SMILES string of the molecule is CCCCc1ccc(CN2CCC(C(=O)Nc3ccc4nc(-c5ccc(OC)cc5Br)oc4c3)CC2)cc1. The van der Waals surface area contributed by atoms with Crippen LogP contribution >= 0.6 is 15.9 Å². The first kappa shape index (κ1) is 26.4. The third kappa shape index (κ3) is 6.27. The third-order valence-electron chi connectivity index (χ3n) is 7.27. The van der Waals surface area contributed by atoms with Crippen molar-refractivity contribution in [1.82, 2.24) is 9.88 Å². The minimum absolute atomic E-state index is 0.0129. The predicted octanol–water partition coefficient (Wildman–Crippen LogP) is 7.46. The van der Waals surface area contributed by atoms with Gasteiger partial charge in [0.1, 0.15) is 11.3 Å². The summed E-state index contributed by atoms with van der Waals surface area (Å²) in [6.45, 7) is 5.03. The van der Waals surface area contributed by atoms with Gasteiger partial charge in [0, 0.05) is 28.7 Å². The fourth-order valence-corrected chi connectivity index (χ4v) is 5.49. The van der Waals surface area contributed by atoms with Crippen molar-refractivity contribution in [3.05, 3.63) is 76.3 Å². The van der Waals surface area contributed by atoms with E-state index >= 15 is 0 Å². The normalized spacial score (nSPS) is 14.6. The molecule has 1 N–H and O–H groups in total. The number of fused-ring (bicyclic) bond motifs is 1. The number of nitrogens with one attached hydrogen (secondary N) is 1. The van der Waals surface area contributed by atoms with Crippen LogP contribution in [0.25, 0.3) is 22.6 Å². The van der Waals surface area contributed by atoms with Gasteiger partial charge in [0.05, 0.1) is 12.7 Å². The van der Waals surface area contributed by atoms with Crippen molar-refractivity contribution in [3.63, 3.8) is 0 Å². The van der Waals surface area contributed by atoms with E-state index in [1.807, 2.05) is 36.4 Å². The monoisotopic (exact) mass is 575 g/mol. The molecule has 0 unspecified atom stereocenters. The lowest BCUT2D eigenvalue weighted by Gasteiger charge is -2.31. The molecule has 1 aliphatic heterocycles. The molecule has 0 radical (unpaired) electrons. The second-order valence-electron chi connectivity index (χ2n) is 10.0. The fraction of sp³-hybridized carbons (Fsp3) is 0.355. The number of likely N-dealkylation sites (tertiary alicyclic amines) is 1. The minimum Gasteiger partial charge on any atom is -0.497 e. The van der Waals surface area contributed by atoms with Crippen LogP contribution in [0.3, 0.4) is 0 Å². The maximum atomic E-state index is 13.0. The van der Waals surface area contributed by atoms with Gasteiger partial charge in [0.15, 0.2) is 5.58 Å². The standard InChI is InChI=1S/C31H34BrN3O3/c1-3-4-5-21-6-8-22(9-7-21)20-35-16-14-23(15-17-35)30(36)33-24-10-13-28-29(18-24)38-31(34-28)26-12-11-25(37-2)19-27(26)32/h6-13,18-19,23H,3-5,14-17,20H2,1-2H3,(H,33,36). The number of ether oxygens (including phenoxy) is 1. The Kier molecular flexibility index (Phi) is 8.45. The number of anilines is 1. The van der Waals surface area contributed by atoms with E-state index in [0.717, 1.165) is 65.9 Å². The zero-order valence-electron chi connectivity index (χ0n) is 22.0. The van der Waals surface area contributed by atoms with Crippen molar-refractivity contribution in [2.24, 2.45) is 5.92 Å². The number of nitrogens with zero attached hydrogens (tertiary/aromatic N) is 2. The number of rotatable bonds is 9. The number of carbonyl (C=O) groups excluding carboxylic acids is 1. The van der Waals surface area contributed by atoms with Crippen LogP contribution in [0.1, 0.15) is 43.7 Å². The quantitative estimate of drug-likeness (QED) is 0.224. The number of methoxy groups -OCH3 is 1. The number of oxazole rings is 1. The van der Waals surface area contributed by atoms with Crippen LogP contribution in [0.5, 0.6) is 5.75 Å². The molecule has 1 fully saturated rings. The molecule has 1 saturated heterocycles. The Morgan fingerprint density at radius 1 is 1.08 bits per heavy atom. The summed E-state index contributed by atoms with van der Waals surface area (Å²) in [6, 6.07) is 20.3. The van der Waals surface area contributed by atoms with Crippen LogP contribution in [0.4, 0.5) is 5.69 Å². The van der Waals surface area contributed by atoms with Crippen molar-refractivity contribution in [2.45, 2.75) is 45.6 Å². The van der Waals surface area contributed by atoms with Crippen LogP contribution in [-0.2, 0) is 17.8 Å². The molecule has 0 atom stereocenters. The van der Waals surface area contributed by atoms with E-state index in [1.165, 1.54) is 24.0 Å². The van der Waals surface area contributed by atoms with Crippen molar-refractivity contribution in [1.29, 1.82) is 0 Å². The zero-order chi connectivity index (χ0) is 26.5. The van der Waals surface area contributed by atoms with E-state index in [9.17, 15) is 4.79 Å². The molecule has 1 amide bonds. The highest BCUT2D eigenvalue weighted by atomic mass is 79.9. The molecule has 3 aromatic carbocycles. The fourth-order valence-electron chi connectivity index (χ4n) is 4.96. The van der Waals surface area contributed by atoms with Gasteiger partial charge in [0.2, 0.25) is 11.8 Å². The zero-order valence-corrected chi connectivity index (χ0v) is 23.6. The van der Waals surface area contributed by atoms with E-state index in [-0.39, 0.29) is 11.8 Å². The molecular weight excluding hydrogens is 542 g/mol. The average molecular weight is 577 g/mol. The van der Waals surface area contributed by atoms with Gasteiger partial charge >= 0.3 is 0 Å². The van der Waals surface area contributed by atoms with Crippen molar-refractivity contribution >= 4 is 38.6 Å². The highest BCUT2D eigenvalue weighted by Gasteiger charge is 2.25. The van der Waals surface area contributed by atoms with Gasteiger partial charge in [-0.3, -0.25) is 9.69 Å². The number of hydrogen-bond donors (Lipinski definition) is 1. The summed E-state index contributed by atoms with van der Waals surface area (Å²) in [6.07, 6.45) is 5.34. The van der Waals surface area contributed by atoms with Crippen LogP contribution < -0.4 is 10.1 Å². The Morgan fingerprint density at radius 3 is 2.55 bits per heavy atom. The molecule has 0 bridgehead atoms.